The summed E-state index contributed by atoms with van der Waals surface area (Å²) in [7, 11) is 0. The van der Waals surface area contributed by atoms with E-state index in [0.717, 1.165) is 10.9 Å². The van der Waals surface area contributed by atoms with Gasteiger partial charge in [-0.1, -0.05) is 0 Å². The molecule has 1 aromatic heterocycles. The Morgan fingerprint density at radius 3 is 3.08 bits per heavy atom. The molecule has 0 saturated carbocycles. The highest BCUT2D eigenvalue weighted by Gasteiger charge is 1.95. The number of benzene rings is 1. The molecule has 0 spiro atoms. The van der Waals surface area contributed by atoms with Crippen molar-refractivity contribution in [2.45, 2.75) is 0 Å². The number of rotatable bonds is 2. The Labute approximate surface area is 68.7 Å². The predicted octanol–water partition coefficient (Wildman–Crippen LogP) is 1.98. The highest BCUT2D eigenvalue weighted by Crippen LogP contribution is 2.17. The second-order valence-corrected chi connectivity index (χ2v) is 2.47. The molecule has 4 heteroatoms. The fourth-order valence-corrected chi connectivity index (χ4v) is 1.17. The Kier molecular flexibility index (Phi) is 1.69. The molecule has 0 amide bonds. The smallest absolute Gasteiger partial charge is 0.0642 e. The molecule has 3 N–H and O–H groups in total. The van der Waals surface area contributed by atoms with Crippen LogP contribution in [0.2, 0.25) is 0 Å². The van der Waals surface area contributed by atoms with E-state index in [0.29, 0.717) is 5.69 Å². The number of H-pyrrole nitrogens is 1. The number of aromatic nitrogens is 1. The summed E-state index contributed by atoms with van der Waals surface area (Å²) in [6.07, 6.45) is 1.86. The Balaban J connectivity index is 2.46. The molecular weight excluding hydrogens is 156 g/mol. The SMILES string of the molecule is OONc1ccc2[nH]ccc2c1. The normalized spacial score (nSPS) is 10.4. The minimum Gasteiger partial charge on any atom is -0.361 e. The zero-order chi connectivity index (χ0) is 8.39. The minimum atomic E-state index is 0.713. The van der Waals surface area contributed by atoms with Crippen LogP contribution in [0.25, 0.3) is 10.9 Å². The second kappa shape index (κ2) is 2.84. The fraction of sp³-hybridized carbons (Fsp3) is 0. The lowest BCUT2D eigenvalue weighted by Gasteiger charge is -1.99. The Morgan fingerprint density at radius 1 is 1.33 bits per heavy atom. The molecule has 0 fully saturated rings. The first-order chi connectivity index (χ1) is 5.90. The van der Waals surface area contributed by atoms with Gasteiger partial charge in [0, 0.05) is 17.1 Å². The number of aromatic amines is 1. The van der Waals surface area contributed by atoms with Crippen LogP contribution >= 0.6 is 0 Å². The zero-order valence-corrected chi connectivity index (χ0v) is 6.24. The largest absolute Gasteiger partial charge is 0.361 e. The summed E-state index contributed by atoms with van der Waals surface area (Å²) in [5.41, 5.74) is 4.10. The van der Waals surface area contributed by atoms with E-state index in [9.17, 15) is 0 Å². The Hall–Kier alpha value is -1.52. The van der Waals surface area contributed by atoms with Crippen LogP contribution < -0.4 is 5.48 Å². The minimum absolute atomic E-state index is 0.713. The molecule has 4 nitrogen and oxygen atoms in total. The standard InChI is InChI=1S/C8H8N2O2/c11-12-10-7-1-2-8-6(5-7)3-4-9-8/h1-5,9-11H. The lowest BCUT2D eigenvalue weighted by Crippen LogP contribution is -1.94. The van der Waals surface area contributed by atoms with Crippen molar-refractivity contribution in [3.63, 3.8) is 0 Å². The van der Waals surface area contributed by atoms with Crippen molar-refractivity contribution in [1.29, 1.82) is 0 Å². The lowest BCUT2D eigenvalue weighted by molar-refractivity contribution is -0.215. The zero-order valence-electron chi connectivity index (χ0n) is 6.24. The molecule has 0 bridgehead atoms. The molecule has 62 valence electrons. The summed E-state index contributed by atoms with van der Waals surface area (Å²) in [5.74, 6) is 0. The van der Waals surface area contributed by atoms with Crippen molar-refractivity contribution in [3.05, 3.63) is 30.5 Å². The summed E-state index contributed by atoms with van der Waals surface area (Å²) in [5, 5.41) is 9.19. The van der Waals surface area contributed by atoms with E-state index in [4.69, 9.17) is 5.26 Å². The maximum absolute atomic E-state index is 8.12. The molecular formula is C8H8N2O2. The van der Waals surface area contributed by atoms with E-state index in [1.165, 1.54) is 0 Å². The third kappa shape index (κ3) is 1.13. The van der Waals surface area contributed by atoms with Crippen LogP contribution in [-0.2, 0) is 4.99 Å². The molecule has 0 unspecified atom stereocenters. The van der Waals surface area contributed by atoms with Gasteiger partial charge in [0.15, 0.2) is 0 Å². The molecule has 1 heterocycles. The molecule has 1 aromatic carbocycles. The van der Waals surface area contributed by atoms with Crippen molar-refractivity contribution in [1.82, 2.24) is 4.98 Å². The maximum Gasteiger partial charge on any atom is 0.0642 e. The summed E-state index contributed by atoms with van der Waals surface area (Å²) in [6.45, 7) is 0. The molecule has 0 radical (unpaired) electrons. The number of nitrogens with one attached hydrogen (secondary N) is 2. The van der Waals surface area contributed by atoms with Gasteiger partial charge in [-0.25, -0.2) is 10.7 Å². The van der Waals surface area contributed by atoms with Crippen LogP contribution in [0.5, 0.6) is 0 Å². The molecule has 2 rings (SSSR count). The number of hydrogen-bond donors (Lipinski definition) is 3. The van der Waals surface area contributed by atoms with E-state index >= 15 is 0 Å². The predicted molar refractivity (Wildman–Crippen MR) is 45.6 cm³/mol. The molecule has 0 saturated heterocycles. The van der Waals surface area contributed by atoms with Crippen LogP contribution in [0, 0.1) is 0 Å². The Morgan fingerprint density at radius 2 is 2.25 bits per heavy atom. The van der Waals surface area contributed by atoms with Crippen LogP contribution in [0.4, 0.5) is 5.69 Å². The fourth-order valence-electron chi connectivity index (χ4n) is 1.17. The average molecular weight is 164 g/mol. The summed E-state index contributed by atoms with van der Waals surface area (Å²) in [4.78, 5) is 6.85. The topological polar surface area (TPSA) is 57.3 Å². The van der Waals surface area contributed by atoms with E-state index < -0.39 is 0 Å². The van der Waals surface area contributed by atoms with E-state index in [-0.39, 0.29) is 0 Å². The quantitative estimate of drug-likeness (QED) is 0.470. The van der Waals surface area contributed by atoms with Gasteiger partial charge in [-0.15, -0.1) is 4.99 Å². The summed E-state index contributed by atoms with van der Waals surface area (Å²) in [6, 6.07) is 7.51. The molecule has 0 aliphatic carbocycles. The Bertz CT molecular complexity index is 383. The van der Waals surface area contributed by atoms with Crippen molar-refractivity contribution >= 4 is 16.6 Å². The summed E-state index contributed by atoms with van der Waals surface area (Å²) >= 11 is 0. The number of anilines is 1. The van der Waals surface area contributed by atoms with Crippen molar-refractivity contribution in [2.24, 2.45) is 0 Å². The molecule has 0 aliphatic rings. The van der Waals surface area contributed by atoms with Crippen LogP contribution in [0.1, 0.15) is 0 Å². The van der Waals surface area contributed by atoms with Crippen LogP contribution in [0.15, 0.2) is 30.5 Å². The van der Waals surface area contributed by atoms with Gasteiger partial charge in [0.25, 0.3) is 0 Å². The van der Waals surface area contributed by atoms with Gasteiger partial charge in [-0.05, 0) is 24.3 Å². The van der Waals surface area contributed by atoms with Crippen LogP contribution in [0.3, 0.4) is 0 Å². The highest BCUT2D eigenvalue weighted by atomic mass is 17.2. The summed E-state index contributed by atoms with van der Waals surface area (Å²) < 4.78 is 0. The number of hydrogen-bond acceptors (Lipinski definition) is 3. The van der Waals surface area contributed by atoms with Crippen LogP contribution in [-0.4, -0.2) is 10.2 Å². The monoisotopic (exact) mass is 164 g/mol. The van der Waals surface area contributed by atoms with Gasteiger partial charge in [0.05, 0.1) is 5.69 Å². The first-order valence-corrected chi connectivity index (χ1v) is 3.54. The van der Waals surface area contributed by atoms with E-state index in [1.807, 2.05) is 24.4 Å². The van der Waals surface area contributed by atoms with E-state index in [2.05, 4.69) is 15.5 Å². The molecule has 0 atom stereocenters. The first kappa shape index (κ1) is 7.15. The molecule has 12 heavy (non-hydrogen) atoms. The van der Waals surface area contributed by atoms with Crippen molar-refractivity contribution in [3.8, 4) is 0 Å². The van der Waals surface area contributed by atoms with Gasteiger partial charge in [-0.3, -0.25) is 0 Å². The van der Waals surface area contributed by atoms with Crippen molar-refractivity contribution < 1.29 is 10.2 Å². The third-order valence-corrected chi connectivity index (χ3v) is 1.72. The highest BCUT2D eigenvalue weighted by molar-refractivity contribution is 5.82. The average Bonchev–Trinajstić information content (AvgIpc) is 2.51. The lowest BCUT2D eigenvalue weighted by atomic mass is 10.2. The van der Waals surface area contributed by atoms with Crippen molar-refractivity contribution in [2.75, 3.05) is 5.48 Å². The molecule has 2 aromatic rings. The third-order valence-electron chi connectivity index (χ3n) is 1.72. The second-order valence-electron chi connectivity index (χ2n) is 2.47. The van der Waals surface area contributed by atoms with Gasteiger partial charge in [-0.2, -0.15) is 0 Å². The first-order valence-electron chi connectivity index (χ1n) is 3.54. The van der Waals surface area contributed by atoms with Gasteiger partial charge < -0.3 is 4.98 Å². The number of fused-ring (bicyclic) bond motifs is 1. The maximum atomic E-state index is 8.12. The van der Waals surface area contributed by atoms with Gasteiger partial charge in [0.2, 0.25) is 0 Å². The molecule has 0 aliphatic heterocycles. The van der Waals surface area contributed by atoms with Gasteiger partial charge in [0.1, 0.15) is 0 Å². The van der Waals surface area contributed by atoms with Gasteiger partial charge >= 0.3 is 0 Å². The van der Waals surface area contributed by atoms with E-state index in [1.54, 1.807) is 6.07 Å².